The van der Waals surface area contributed by atoms with Crippen molar-refractivity contribution in [3.63, 3.8) is 0 Å². The van der Waals surface area contributed by atoms with Gasteiger partial charge in [0.2, 0.25) is 15.9 Å². The minimum absolute atomic E-state index is 0.0594. The monoisotopic (exact) mass is 394 g/mol. The van der Waals surface area contributed by atoms with Crippen LogP contribution in [0.4, 0.5) is 15.8 Å². The van der Waals surface area contributed by atoms with Crippen LogP contribution in [0.3, 0.4) is 0 Å². The van der Waals surface area contributed by atoms with Gasteiger partial charge in [0, 0.05) is 5.69 Å². The van der Waals surface area contributed by atoms with Crippen molar-refractivity contribution in [3.8, 4) is 0 Å². The maximum atomic E-state index is 13.2. The molecule has 0 aliphatic heterocycles. The molecule has 1 atom stereocenters. The molecule has 0 aliphatic rings. The van der Waals surface area contributed by atoms with Crippen molar-refractivity contribution in [1.29, 1.82) is 0 Å². The van der Waals surface area contributed by atoms with E-state index in [0.29, 0.717) is 5.69 Å². The molecule has 2 rings (SSSR count). The Morgan fingerprint density at radius 3 is 2.11 bits per heavy atom. The van der Waals surface area contributed by atoms with Crippen LogP contribution in [-0.4, -0.2) is 37.7 Å². The molecule has 2 N–H and O–H groups in total. The highest BCUT2D eigenvalue weighted by Gasteiger charge is 2.31. The third-order valence-electron chi connectivity index (χ3n) is 3.81. The summed E-state index contributed by atoms with van der Waals surface area (Å²) in [6.07, 6.45) is 1.14. The second-order valence-electron chi connectivity index (χ2n) is 5.83. The van der Waals surface area contributed by atoms with E-state index in [1.165, 1.54) is 36.4 Å². The van der Waals surface area contributed by atoms with Gasteiger partial charge in [-0.1, -0.05) is 6.92 Å². The first-order chi connectivity index (χ1) is 12.6. The first kappa shape index (κ1) is 20.4. The molecule has 144 valence electrons. The first-order valence-electron chi connectivity index (χ1n) is 8.02. The molecule has 2 aromatic carbocycles. The fourth-order valence-corrected chi connectivity index (χ4v) is 3.78. The van der Waals surface area contributed by atoms with Gasteiger partial charge in [0.25, 0.3) is 0 Å². The van der Waals surface area contributed by atoms with Crippen molar-refractivity contribution in [2.24, 2.45) is 0 Å². The van der Waals surface area contributed by atoms with Gasteiger partial charge in [-0.15, -0.1) is 0 Å². The smallest absolute Gasteiger partial charge is 0.335 e. The molecule has 0 saturated carbocycles. The molecule has 0 saturated heterocycles. The highest BCUT2D eigenvalue weighted by Crippen LogP contribution is 2.23. The van der Waals surface area contributed by atoms with Gasteiger partial charge in [0.15, 0.2) is 0 Å². The number of carbonyl (C=O) groups excluding carboxylic acids is 1. The van der Waals surface area contributed by atoms with Crippen LogP contribution in [0.25, 0.3) is 0 Å². The fourth-order valence-electron chi connectivity index (χ4n) is 2.57. The highest BCUT2D eigenvalue weighted by atomic mass is 32.2. The number of carboxylic acids is 1. The number of benzene rings is 2. The van der Waals surface area contributed by atoms with E-state index in [4.69, 9.17) is 5.11 Å². The number of aromatic carboxylic acids is 1. The lowest BCUT2D eigenvalue weighted by molar-refractivity contribution is -0.117. The van der Waals surface area contributed by atoms with Crippen LogP contribution in [0.5, 0.6) is 0 Å². The van der Waals surface area contributed by atoms with Crippen LogP contribution >= 0.6 is 0 Å². The van der Waals surface area contributed by atoms with Gasteiger partial charge in [-0.3, -0.25) is 9.10 Å². The van der Waals surface area contributed by atoms with Crippen molar-refractivity contribution < 1.29 is 27.5 Å². The number of hydrogen-bond donors (Lipinski definition) is 2. The van der Waals surface area contributed by atoms with Gasteiger partial charge >= 0.3 is 5.97 Å². The summed E-state index contributed by atoms with van der Waals surface area (Å²) in [5.74, 6) is -2.21. The lowest BCUT2D eigenvalue weighted by Gasteiger charge is -2.30. The first-order valence-corrected chi connectivity index (χ1v) is 9.87. The van der Waals surface area contributed by atoms with E-state index >= 15 is 0 Å². The Balaban J connectivity index is 2.31. The van der Waals surface area contributed by atoms with E-state index in [-0.39, 0.29) is 17.7 Å². The molecule has 0 aromatic heterocycles. The zero-order valence-corrected chi connectivity index (χ0v) is 15.5. The molecule has 0 heterocycles. The Bertz CT molecular complexity index is 927. The van der Waals surface area contributed by atoms with E-state index in [2.05, 4.69) is 5.32 Å². The molecule has 27 heavy (non-hydrogen) atoms. The number of nitrogens with one attached hydrogen (secondary N) is 1. The molecule has 2 aromatic rings. The van der Waals surface area contributed by atoms with Crippen molar-refractivity contribution in [2.75, 3.05) is 15.9 Å². The lowest BCUT2D eigenvalue weighted by atomic mass is 10.1. The second kappa shape index (κ2) is 8.17. The van der Waals surface area contributed by atoms with E-state index in [0.717, 1.165) is 22.7 Å². The molecule has 0 spiro atoms. The molecule has 0 aliphatic carbocycles. The summed E-state index contributed by atoms with van der Waals surface area (Å²) in [4.78, 5) is 23.6. The van der Waals surface area contributed by atoms with Crippen LogP contribution < -0.4 is 9.62 Å². The largest absolute Gasteiger partial charge is 0.478 e. The Kier molecular flexibility index (Phi) is 6.17. The lowest BCUT2D eigenvalue weighted by Crippen LogP contribution is -2.47. The highest BCUT2D eigenvalue weighted by molar-refractivity contribution is 7.92. The summed E-state index contributed by atoms with van der Waals surface area (Å²) in [5.41, 5.74) is 0.558. The van der Waals surface area contributed by atoms with E-state index in [1.807, 2.05) is 0 Å². The normalized spacial score (nSPS) is 12.3. The molecular weight excluding hydrogens is 375 g/mol. The van der Waals surface area contributed by atoms with Crippen LogP contribution in [-0.2, 0) is 14.8 Å². The molecule has 0 radical (unpaired) electrons. The number of carbonyl (C=O) groups is 2. The SMILES string of the molecule is CC[C@@H](C(=O)Nc1ccc(C(=O)O)cc1)N(c1ccc(F)cc1)S(C)(=O)=O. The average molecular weight is 394 g/mol. The average Bonchev–Trinajstić information content (AvgIpc) is 2.60. The van der Waals surface area contributed by atoms with Crippen LogP contribution in [0, 0.1) is 5.82 Å². The predicted molar refractivity (Wildman–Crippen MR) is 99.8 cm³/mol. The number of halogens is 1. The molecule has 0 bridgehead atoms. The van der Waals surface area contributed by atoms with Crippen molar-refractivity contribution in [1.82, 2.24) is 0 Å². The molecule has 0 fully saturated rings. The van der Waals surface area contributed by atoms with Gasteiger partial charge in [-0.25, -0.2) is 17.6 Å². The molecule has 9 heteroatoms. The minimum atomic E-state index is -3.83. The third kappa shape index (κ3) is 5.04. The Labute approximate surface area is 156 Å². The Morgan fingerprint density at radius 1 is 1.11 bits per heavy atom. The summed E-state index contributed by atoms with van der Waals surface area (Å²) in [7, 11) is -3.83. The summed E-state index contributed by atoms with van der Waals surface area (Å²) in [6, 6.07) is 9.21. The van der Waals surface area contributed by atoms with Crippen LogP contribution in [0.15, 0.2) is 48.5 Å². The van der Waals surface area contributed by atoms with Gasteiger partial charge in [-0.05, 0) is 55.0 Å². The number of rotatable bonds is 7. The maximum Gasteiger partial charge on any atom is 0.335 e. The summed E-state index contributed by atoms with van der Waals surface area (Å²) >= 11 is 0. The molecule has 0 unspecified atom stereocenters. The van der Waals surface area contributed by atoms with E-state index < -0.39 is 33.8 Å². The quantitative estimate of drug-likeness (QED) is 0.751. The third-order valence-corrected chi connectivity index (χ3v) is 4.99. The Morgan fingerprint density at radius 2 is 1.67 bits per heavy atom. The maximum absolute atomic E-state index is 13.2. The van der Waals surface area contributed by atoms with Crippen molar-refractivity contribution >= 4 is 33.3 Å². The topological polar surface area (TPSA) is 104 Å². The number of amides is 1. The second-order valence-corrected chi connectivity index (χ2v) is 7.69. The molecule has 1 amide bonds. The summed E-state index contributed by atoms with van der Waals surface area (Å²) in [6.45, 7) is 1.65. The zero-order chi connectivity index (χ0) is 20.2. The number of nitrogens with zero attached hydrogens (tertiary/aromatic N) is 1. The minimum Gasteiger partial charge on any atom is -0.478 e. The Hall–Kier alpha value is -2.94. The van der Waals surface area contributed by atoms with Crippen molar-refractivity contribution in [2.45, 2.75) is 19.4 Å². The summed E-state index contributed by atoms with van der Waals surface area (Å²) in [5, 5.41) is 11.5. The number of carboxylic acid groups (broad SMARTS) is 1. The van der Waals surface area contributed by atoms with Crippen molar-refractivity contribution in [3.05, 3.63) is 59.9 Å². The number of hydrogen-bond acceptors (Lipinski definition) is 4. The predicted octanol–water partition coefficient (Wildman–Crippen LogP) is 2.71. The number of sulfonamides is 1. The number of anilines is 2. The molecule has 7 nitrogen and oxygen atoms in total. The van der Waals surface area contributed by atoms with Crippen LogP contribution in [0.2, 0.25) is 0 Å². The standard InChI is InChI=1S/C18H19FN2O5S/c1-3-16(17(22)20-14-8-4-12(5-9-14)18(23)24)21(27(2,25)26)15-10-6-13(19)7-11-15/h4-11,16H,3H2,1-2H3,(H,20,22)(H,23,24)/t16-/m0/s1. The van der Waals surface area contributed by atoms with Gasteiger partial charge < -0.3 is 10.4 Å². The van der Waals surface area contributed by atoms with Crippen LogP contribution in [0.1, 0.15) is 23.7 Å². The molecular formula is C18H19FN2O5S. The fraction of sp³-hybridized carbons (Fsp3) is 0.222. The van der Waals surface area contributed by atoms with Gasteiger partial charge in [0.1, 0.15) is 11.9 Å². The van der Waals surface area contributed by atoms with Gasteiger partial charge in [-0.2, -0.15) is 0 Å². The van der Waals surface area contributed by atoms with E-state index in [1.54, 1.807) is 6.92 Å². The van der Waals surface area contributed by atoms with Gasteiger partial charge in [0.05, 0.1) is 17.5 Å². The zero-order valence-electron chi connectivity index (χ0n) is 14.7. The van der Waals surface area contributed by atoms with E-state index in [9.17, 15) is 22.4 Å². The summed E-state index contributed by atoms with van der Waals surface area (Å²) < 4.78 is 38.7.